The van der Waals surface area contributed by atoms with E-state index in [-0.39, 0.29) is 11.1 Å². The molecule has 0 unspecified atom stereocenters. The molecule has 110 valence electrons. The maximum Gasteiger partial charge on any atom is 0.270 e. The Labute approximate surface area is 123 Å². The van der Waals surface area contributed by atoms with Gasteiger partial charge in [-0.05, 0) is 29.2 Å². The van der Waals surface area contributed by atoms with Gasteiger partial charge in [0.15, 0.2) is 0 Å². The molecule has 2 aromatic rings. The number of amides is 1. The van der Waals surface area contributed by atoms with E-state index in [0.717, 1.165) is 11.3 Å². The van der Waals surface area contributed by atoms with Crippen molar-refractivity contribution in [3.63, 3.8) is 0 Å². The van der Waals surface area contributed by atoms with Crippen molar-refractivity contribution in [2.45, 2.75) is 19.8 Å². The fourth-order valence-electron chi connectivity index (χ4n) is 2.21. The zero-order valence-corrected chi connectivity index (χ0v) is 12.4. The second kappa shape index (κ2) is 5.93. The maximum atomic E-state index is 12.2. The van der Waals surface area contributed by atoms with Gasteiger partial charge in [0.05, 0.1) is 5.69 Å². The molecule has 0 radical (unpaired) electrons. The van der Waals surface area contributed by atoms with E-state index in [1.165, 1.54) is 16.2 Å². The molecule has 21 heavy (non-hydrogen) atoms. The molecule has 0 aliphatic rings. The number of pyridine rings is 1. The van der Waals surface area contributed by atoms with Crippen molar-refractivity contribution < 1.29 is 4.79 Å². The van der Waals surface area contributed by atoms with Gasteiger partial charge in [-0.3, -0.25) is 15.0 Å². The molecule has 0 saturated carbocycles. The van der Waals surface area contributed by atoms with Crippen LogP contribution in [0.2, 0.25) is 0 Å². The number of carbonyl (C=O) groups excluding carboxylic acids is 1. The summed E-state index contributed by atoms with van der Waals surface area (Å²) in [7, 11) is 1.64. The van der Waals surface area contributed by atoms with Crippen molar-refractivity contribution in [1.29, 1.82) is 0 Å². The molecule has 1 heterocycles. The number of hydrogen-bond acceptors (Lipinski definition) is 3. The molecule has 1 amide bonds. The normalized spacial score (nSPS) is 10.7. The number of hydrazine groups is 1. The van der Waals surface area contributed by atoms with E-state index in [1.807, 2.05) is 29.7 Å². The van der Waals surface area contributed by atoms with Crippen LogP contribution in [0.4, 0.5) is 0 Å². The number of nitrogens with zero attached hydrogens (tertiary/aromatic N) is 1. The van der Waals surface area contributed by atoms with Crippen LogP contribution < -0.4 is 16.8 Å². The van der Waals surface area contributed by atoms with Crippen molar-refractivity contribution >= 4 is 5.91 Å². The molecule has 0 spiro atoms. The molecule has 3 N–H and O–H groups in total. The van der Waals surface area contributed by atoms with E-state index < -0.39 is 5.91 Å². The Balaban J connectivity index is 2.48. The first kappa shape index (κ1) is 15.0. The van der Waals surface area contributed by atoms with Crippen molar-refractivity contribution in [3.8, 4) is 11.3 Å². The minimum Gasteiger partial charge on any atom is -0.311 e. The molecule has 0 saturated heterocycles. The highest BCUT2D eigenvalue weighted by Crippen LogP contribution is 2.21. The fourth-order valence-corrected chi connectivity index (χ4v) is 2.21. The monoisotopic (exact) mass is 285 g/mol. The standard InChI is InChI=1S/C16H19N3O2/c1-10(2)11-4-6-12(7-5-11)14-9-8-13(15(20)18-17)16(21)19(14)3/h4-10H,17H2,1-3H3,(H,18,20). The Hall–Kier alpha value is -2.40. The molecule has 5 heteroatoms. The van der Waals surface area contributed by atoms with Gasteiger partial charge in [0, 0.05) is 7.05 Å². The summed E-state index contributed by atoms with van der Waals surface area (Å²) in [6.07, 6.45) is 0. The third-order valence-corrected chi connectivity index (χ3v) is 3.55. The first-order valence-electron chi connectivity index (χ1n) is 6.77. The van der Waals surface area contributed by atoms with Gasteiger partial charge in [0.2, 0.25) is 0 Å². The third kappa shape index (κ3) is 2.87. The lowest BCUT2D eigenvalue weighted by atomic mass is 10.0. The Morgan fingerprint density at radius 2 is 1.76 bits per heavy atom. The average Bonchev–Trinajstić information content (AvgIpc) is 2.49. The van der Waals surface area contributed by atoms with Gasteiger partial charge in [-0.25, -0.2) is 5.84 Å². The Morgan fingerprint density at radius 1 is 1.14 bits per heavy atom. The first-order valence-corrected chi connectivity index (χ1v) is 6.77. The predicted octanol–water partition coefficient (Wildman–Crippen LogP) is 1.78. The number of nitrogens with two attached hydrogens (primary N) is 1. The van der Waals surface area contributed by atoms with Crippen molar-refractivity contribution in [2.24, 2.45) is 12.9 Å². The van der Waals surface area contributed by atoms with Gasteiger partial charge in [0.25, 0.3) is 11.5 Å². The minimum atomic E-state index is -0.586. The van der Waals surface area contributed by atoms with E-state index in [4.69, 9.17) is 5.84 Å². The molecular formula is C16H19N3O2. The smallest absolute Gasteiger partial charge is 0.270 e. The van der Waals surface area contributed by atoms with Gasteiger partial charge in [-0.2, -0.15) is 0 Å². The van der Waals surface area contributed by atoms with Crippen molar-refractivity contribution in [3.05, 3.63) is 57.9 Å². The molecule has 0 aliphatic heterocycles. The van der Waals surface area contributed by atoms with Gasteiger partial charge in [-0.15, -0.1) is 0 Å². The summed E-state index contributed by atoms with van der Waals surface area (Å²) in [6, 6.07) is 11.3. The summed E-state index contributed by atoms with van der Waals surface area (Å²) in [5.41, 5.74) is 4.56. The van der Waals surface area contributed by atoms with E-state index in [0.29, 0.717) is 5.92 Å². The SMILES string of the molecule is CC(C)c1ccc(-c2ccc(C(=O)NN)c(=O)n2C)cc1. The van der Waals surface area contributed by atoms with Crippen LogP contribution in [-0.4, -0.2) is 10.5 Å². The lowest BCUT2D eigenvalue weighted by Crippen LogP contribution is -2.36. The highest BCUT2D eigenvalue weighted by Gasteiger charge is 2.13. The maximum absolute atomic E-state index is 12.2. The number of benzene rings is 1. The second-order valence-corrected chi connectivity index (χ2v) is 5.25. The predicted molar refractivity (Wildman–Crippen MR) is 82.9 cm³/mol. The molecule has 0 aliphatic carbocycles. The van der Waals surface area contributed by atoms with Crippen LogP contribution in [0.25, 0.3) is 11.3 Å². The fraction of sp³-hybridized carbons (Fsp3) is 0.250. The molecule has 5 nitrogen and oxygen atoms in total. The van der Waals surface area contributed by atoms with Crippen molar-refractivity contribution in [1.82, 2.24) is 9.99 Å². The number of nitrogen functional groups attached to an aromatic ring is 1. The van der Waals surface area contributed by atoms with Crippen LogP contribution in [0.1, 0.15) is 35.7 Å². The van der Waals surface area contributed by atoms with Crippen LogP contribution in [0.15, 0.2) is 41.2 Å². The van der Waals surface area contributed by atoms with Crippen LogP contribution in [0.3, 0.4) is 0 Å². The van der Waals surface area contributed by atoms with Crippen LogP contribution in [0, 0.1) is 0 Å². The van der Waals surface area contributed by atoms with E-state index in [9.17, 15) is 9.59 Å². The summed E-state index contributed by atoms with van der Waals surface area (Å²) in [4.78, 5) is 23.7. The quantitative estimate of drug-likeness (QED) is 0.512. The highest BCUT2D eigenvalue weighted by atomic mass is 16.2. The molecular weight excluding hydrogens is 266 g/mol. The minimum absolute atomic E-state index is 0.0301. The summed E-state index contributed by atoms with van der Waals surface area (Å²) < 4.78 is 1.45. The highest BCUT2D eigenvalue weighted by molar-refractivity contribution is 5.93. The average molecular weight is 285 g/mol. The summed E-state index contributed by atoms with van der Waals surface area (Å²) in [5.74, 6) is 4.94. The van der Waals surface area contributed by atoms with Crippen LogP contribution in [0.5, 0.6) is 0 Å². The zero-order valence-electron chi connectivity index (χ0n) is 12.4. The number of carbonyl (C=O) groups is 1. The number of aromatic nitrogens is 1. The van der Waals surface area contributed by atoms with E-state index >= 15 is 0 Å². The Morgan fingerprint density at radius 3 is 2.29 bits per heavy atom. The van der Waals surface area contributed by atoms with Gasteiger partial charge in [0.1, 0.15) is 5.56 Å². The van der Waals surface area contributed by atoms with Gasteiger partial charge in [-0.1, -0.05) is 38.1 Å². The molecule has 2 rings (SSSR count). The topological polar surface area (TPSA) is 77.1 Å². The van der Waals surface area contributed by atoms with Crippen LogP contribution >= 0.6 is 0 Å². The zero-order chi connectivity index (χ0) is 15.6. The number of nitrogens with one attached hydrogen (secondary N) is 1. The Bertz CT molecular complexity index is 715. The summed E-state index contributed by atoms with van der Waals surface area (Å²) in [5, 5.41) is 0. The molecule has 1 aromatic heterocycles. The lowest BCUT2D eigenvalue weighted by molar-refractivity contribution is 0.0951. The van der Waals surface area contributed by atoms with Gasteiger partial charge >= 0.3 is 0 Å². The van der Waals surface area contributed by atoms with Gasteiger partial charge < -0.3 is 4.57 Å². The largest absolute Gasteiger partial charge is 0.311 e. The number of hydrogen-bond donors (Lipinski definition) is 2. The number of rotatable bonds is 3. The van der Waals surface area contributed by atoms with E-state index in [1.54, 1.807) is 13.1 Å². The molecule has 0 bridgehead atoms. The Kier molecular flexibility index (Phi) is 4.23. The summed E-state index contributed by atoms with van der Waals surface area (Å²) in [6.45, 7) is 4.26. The summed E-state index contributed by atoms with van der Waals surface area (Å²) >= 11 is 0. The van der Waals surface area contributed by atoms with E-state index in [2.05, 4.69) is 13.8 Å². The lowest BCUT2D eigenvalue weighted by Gasteiger charge is -2.11. The molecule has 0 atom stereocenters. The first-order chi connectivity index (χ1) is 9.95. The van der Waals surface area contributed by atoms with Crippen LogP contribution in [-0.2, 0) is 7.05 Å². The molecule has 0 fully saturated rings. The van der Waals surface area contributed by atoms with Crippen molar-refractivity contribution in [2.75, 3.05) is 0 Å². The third-order valence-electron chi connectivity index (χ3n) is 3.55. The molecule has 1 aromatic carbocycles. The second-order valence-electron chi connectivity index (χ2n) is 5.25.